The third kappa shape index (κ3) is 4.37. The van der Waals surface area contributed by atoms with Gasteiger partial charge in [-0.15, -0.1) is 0 Å². The van der Waals surface area contributed by atoms with E-state index in [1.54, 1.807) is 16.2 Å². The van der Waals surface area contributed by atoms with Crippen molar-refractivity contribution < 1.29 is 14.3 Å². The van der Waals surface area contributed by atoms with Crippen molar-refractivity contribution in [1.29, 1.82) is 0 Å². The monoisotopic (exact) mass is 502 g/mol. The molecule has 2 aromatic carbocycles. The van der Waals surface area contributed by atoms with Crippen LogP contribution >= 0.6 is 0 Å². The minimum absolute atomic E-state index is 0.220. The molecule has 6 rings (SSSR count). The van der Waals surface area contributed by atoms with E-state index in [-0.39, 0.29) is 18.0 Å². The number of imide groups is 1. The van der Waals surface area contributed by atoms with Crippen LogP contribution < -0.4 is 15.9 Å². The van der Waals surface area contributed by atoms with Gasteiger partial charge in [-0.05, 0) is 61.1 Å². The maximum Gasteiger partial charge on any atom is 0.329 e. The summed E-state index contributed by atoms with van der Waals surface area (Å²) in [5, 5.41) is 2.39. The number of rotatable bonds is 6. The number of aryl methyl sites for hydroxylation is 1. The number of imidazole rings is 1. The number of benzene rings is 2. The summed E-state index contributed by atoms with van der Waals surface area (Å²) in [6, 6.07) is 15.6. The van der Waals surface area contributed by atoms with Gasteiger partial charge in [0.15, 0.2) is 0 Å². The molecule has 0 bridgehead atoms. The SMILES string of the molecule is Cn1c(=O)n(C2CCC(=O)NC2=O)c2cccc(N3CCC4(CC3)CC(COCc3ccccc3)C4)c21. The number of piperidine rings is 2. The number of carbonyl (C=O) groups is 2. The highest BCUT2D eigenvalue weighted by atomic mass is 16.5. The molecule has 1 aromatic heterocycles. The van der Waals surface area contributed by atoms with Gasteiger partial charge in [0.25, 0.3) is 0 Å². The van der Waals surface area contributed by atoms with Crippen LogP contribution in [0.2, 0.25) is 0 Å². The molecule has 8 nitrogen and oxygen atoms in total. The normalized spacial score (nSPS) is 21.9. The topological polar surface area (TPSA) is 85.6 Å². The van der Waals surface area contributed by atoms with Gasteiger partial charge in [-0.3, -0.25) is 24.0 Å². The number of carbonyl (C=O) groups excluding carboxylic acids is 2. The number of hydrogen-bond acceptors (Lipinski definition) is 5. The molecule has 3 aliphatic rings. The summed E-state index contributed by atoms with van der Waals surface area (Å²) < 4.78 is 9.22. The maximum atomic E-state index is 13.3. The molecule has 8 heteroatoms. The third-order valence-electron chi connectivity index (χ3n) is 8.68. The minimum Gasteiger partial charge on any atom is -0.376 e. The molecule has 1 atom stereocenters. The maximum absolute atomic E-state index is 13.3. The first-order valence-corrected chi connectivity index (χ1v) is 13.3. The predicted octanol–water partition coefficient (Wildman–Crippen LogP) is 3.53. The van der Waals surface area contributed by atoms with Gasteiger partial charge in [0, 0.05) is 33.2 Å². The summed E-state index contributed by atoms with van der Waals surface area (Å²) in [4.78, 5) is 39.8. The Hall–Kier alpha value is -3.39. The minimum atomic E-state index is -0.662. The average molecular weight is 503 g/mol. The number of nitrogens with zero attached hydrogens (tertiary/aromatic N) is 3. The lowest BCUT2D eigenvalue weighted by atomic mass is 9.58. The fourth-order valence-corrected chi connectivity index (χ4v) is 6.73. The largest absolute Gasteiger partial charge is 0.376 e. The third-order valence-corrected chi connectivity index (χ3v) is 8.68. The number of fused-ring (bicyclic) bond motifs is 1. The van der Waals surface area contributed by atoms with E-state index >= 15 is 0 Å². The number of ether oxygens (including phenoxy) is 1. The predicted molar refractivity (Wildman–Crippen MR) is 141 cm³/mol. The fraction of sp³-hybridized carbons (Fsp3) is 0.483. The van der Waals surface area contributed by atoms with Crippen LogP contribution in [0, 0.1) is 11.3 Å². The van der Waals surface area contributed by atoms with Crippen molar-refractivity contribution >= 4 is 28.5 Å². The Kier molecular flexibility index (Phi) is 6.15. The van der Waals surface area contributed by atoms with Crippen LogP contribution in [0.25, 0.3) is 11.0 Å². The molecule has 1 N–H and O–H groups in total. The van der Waals surface area contributed by atoms with Gasteiger partial charge in [-0.2, -0.15) is 0 Å². The number of nitrogens with one attached hydrogen (secondary N) is 1. The van der Waals surface area contributed by atoms with E-state index in [2.05, 4.69) is 28.4 Å². The highest BCUT2D eigenvalue weighted by molar-refractivity contribution is 6.00. The Labute approximate surface area is 216 Å². The number of aromatic nitrogens is 2. The molecule has 3 fully saturated rings. The molecule has 2 aliphatic heterocycles. The Balaban J connectivity index is 1.12. The zero-order valence-electron chi connectivity index (χ0n) is 21.3. The number of para-hydroxylation sites is 1. The van der Waals surface area contributed by atoms with Crippen molar-refractivity contribution in [1.82, 2.24) is 14.5 Å². The molecule has 1 aliphatic carbocycles. The van der Waals surface area contributed by atoms with Crippen LogP contribution in [0.1, 0.15) is 50.1 Å². The van der Waals surface area contributed by atoms with Crippen molar-refractivity contribution in [2.45, 2.75) is 51.2 Å². The van der Waals surface area contributed by atoms with Gasteiger partial charge in [0.05, 0.1) is 23.3 Å². The van der Waals surface area contributed by atoms with Gasteiger partial charge >= 0.3 is 5.69 Å². The molecule has 3 aromatic rings. The van der Waals surface area contributed by atoms with Crippen LogP contribution in [0.15, 0.2) is 53.3 Å². The molecule has 1 spiro atoms. The standard InChI is InChI=1S/C29H34N4O4/c1-31-26-22(8-5-9-23(26)33(28(31)36)24-10-11-25(34)30-27(24)35)32-14-12-29(13-15-32)16-21(17-29)19-37-18-20-6-3-2-4-7-20/h2-9,21,24H,10-19H2,1H3,(H,30,34,35). The average Bonchev–Trinajstić information content (AvgIpc) is 3.14. The second-order valence-electron chi connectivity index (χ2n) is 11.1. The summed E-state index contributed by atoms with van der Waals surface area (Å²) in [7, 11) is 1.77. The highest BCUT2D eigenvalue weighted by Gasteiger charge is 2.46. The quantitative estimate of drug-likeness (QED) is 0.522. The summed E-state index contributed by atoms with van der Waals surface area (Å²) in [6.45, 7) is 3.41. The summed E-state index contributed by atoms with van der Waals surface area (Å²) in [6.07, 6.45) is 5.32. The Morgan fingerprint density at radius 3 is 2.49 bits per heavy atom. The molecule has 0 radical (unpaired) electrons. The van der Waals surface area contributed by atoms with Crippen LogP contribution in [0.4, 0.5) is 5.69 Å². The second-order valence-corrected chi connectivity index (χ2v) is 11.1. The lowest BCUT2D eigenvalue weighted by molar-refractivity contribution is -0.135. The van der Waals surface area contributed by atoms with Gasteiger partial charge < -0.3 is 9.64 Å². The highest BCUT2D eigenvalue weighted by Crippen LogP contribution is 2.53. The van der Waals surface area contributed by atoms with Crippen LogP contribution in [0.5, 0.6) is 0 Å². The van der Waals surface area contributed by atoms with E-state index in [0.29, 0.717) is 24.4 Å². The molecular weight excluding hydrogens is 468 g/mol. The summed E-state index contributed by atoms with van der Waals surface area (Å²) in [5.74, 6) is -0.0380. The number of amides is 2. The van der Waals surface area contributed by atoms with Gasteiger partial charge in [-0.25, -0.2) is 4.79 Å². The zero-order chi connectivity index (χ0) is 25.6. The molecule has 1 unspecified atom stereocenters. The second kappa shape index (κ2) is 9.49. The van der Waals surface area contributed by atoms with E-state index in [1.807, 2.05) is 30.3 Å². The first-order valence-electron chi connectivity index (χ1n) is 13.3. The van der Waals surface area contributed by atoms with Crippen molar-refractivity contribution in [3.8, 4) is 0 Å². The van der Waals surface area contributed by atoms with E-state index in [4.69, 9.17) is 4.74 Å². The van der Waals surface area contributed by atoms with E-state index in [1.165, 1.54) is 18.4 Å². The first kappa shape index (κ1) is 24.0. The van der Waals surface area contributed by atoms with Gasteiger partial charge in [0.2, 0.25) is 11.8 Å². The smallest absolute Gasteiger partial charge is 0.329 e. The van der Waals surface area contributed by atoms with Crippen LogP contribution in [-0.2, 0) is 28.0 Å². The van der Waals surface area contributed by atoms with Gasteiger partial charge in [-0.1, -0.05) is 36.4 Å². The van der Waals surface area contributed by atoms with Crippen molar-refractivity contribution in [3.63, 3.8) is 0 Å². The lowest BCUT2D eigenvalue weighted by Gasteiger charge is -2.52. The van der Waals surface area contributed by atoms with Gasteiger partial charge in [0.1, 0.15) is 6.04 Å². The molecule has 2 amide bonds. The molecule has 2 saturated heterocycles. The summed E-state index contributed by atoms with van der Waals surface area (Å²) >= 11 is 0. The molecule has 37 heavy (non-hydrogen) atoms. The summed E-state index contributed by atoms with van der Waals surface area (Å²) in [5.41, 5.74) is 4.06. The van der Waals surface area contributed by atoms with Crippen LogP contribution in [-0.4, -0.2) is 40.6 Å². The number of hydrogen-bond donors (Lipinski definition) is 1. The zero-order valence-corrected chi connectivity index (χ0v) is 21.3. The van der Waals surface area contributed by atoms with E-state index < -0.39 is 11.9 Å². The Morgan fingerprint density at radius 1 is 1.00 bits per heavy atom. The molecule has 194 valence electrons. The molecule has 3 heterocycles. The number of anilines is 1. The molecular formula is C29H34N4O4. The van der Waals surface area contributed by atoms with Crippen molar-refractivity contribution in [2.24, 2.45) is 18.4 Å². The van der Waals surface area contributed by atoms with Crippen molar-refractivity contribution in [3.05, 3.63) is 64.6 Å². The molecule has 1 saturated carbocycles. The fourth-order valence-electron chi connectivity index (χ4n) is 6.73. The van der Waals surface area contributed by atoms with E-state index in [9.17, 15) is 14.4 Å². The van der Waals surface area contributed by atoms with E-state index in [0.717, 1.165) is 49.3 Å². The Morgan fingerprint density at radius 2 is 1.76 bits per heavy atom. The first-order chi connectivity index (χ1) is 17.9. The lowest BCUT2D eigenvalue weighted by Crippen LogP contribution is -2.48. The van der Waals surface area contributed by atoms with Crippen molar-refractivity contribution in [2.75, 3.05) is 24.6 Å². The van der Waals surface area contributed by atoms with Crippen LogP contribution in [0.3, 0.4) is 0 Å². The Bertz CT molecular complexity index is 1380.